The zero-order chi connectivity index (χ0) is 21.1. The number of anilines is 1. The van der Waals surface area contributed by atoms with E-state index < -0.39 is 40.6 Å². The van der Waals surface area contributed by atoms with Gasteiger partial charge in [0.05, 0.1) is 6.54 Å². The van der Waals surface area contributed by atoms with Gasteiger partial charge in [-0.2, -0.15) is 8.42 Å². The van der Waals surface area contributed by atoms with Crippen molar-refractivity contribution in [2.45, 2.75) is 26.0 Å². The molecular formula is C13H17ClN5NaO7S2. The third-order valence-electron chi connectivity index (χ3n) is 3.16. The fourth-order valence-electron chi connectivity index (χ4n) is 1.89. The predicted molar refractivity (Wildman–Crippen MR) is 107 cm³/mol. The van der Waals surface area contributed by atoms with E-state index >= 15 is 0 Å². The van der Waals surface area contributed by atoms with Crippen molar-refractivity contribution in [1.82, 2.24) is 14.6 Å². The Hall–Kier alpha value is -1.29. The summed E-state index contributed by atoms with van der Waals surface area (Å²) in [5.74, 6) is -2.61. The molecule has 2 heterocycles. The second-order valence-electron chi connectivity index (χ2n) is 5.69. The number of nitrogens with zero attached hydrogens (tertiary/aromatic N) is 3. The van der Waals surface area contributed by atoms with E-state index in [4.69, 9.17) is 21.0 Å². The van der Waals surface area contributed by atoms with E-state index in [2.05, 4.69) is 20.8 Å². The monoisotopic (exact) mass is 477 g/mol. The van der Waals surface area contributed by atoms with Crippen molar-refractivity contribution >= 4 is 91.4 Å². The Morgan fingerprint density at radius 3 is 2.69 bits per heavy atom. The fourth-order valence-corrected chi connectivity index (χ4v) is 3.36. The first-order valence-electron chi connectivity index (χ1n) is 7.68. The van der Waals surface area contributed by atoms with E-state index in [0.717, 1.165) is 11.3 Å². The molecule has 1 aliphatic rings. The van der Waals surface area contributed by atoms with Gasteiger partial charge < -0.3 is 15.5 Å². The molecule has 2 rings (SSSR count). The van der Waals surface area contributed by atoms with Gasteiger partial charge in [-0.05, 0) is 13.8 Å². The Balaban J connectivity index is 0.00000420. The van der Waals surface area contributed by atoms with Gasteiger partial charge in [0.2, 0.25) is 5.91 Å². The second-order valence-corrected chi connectivity index (χ2v) is 8.15. The molecule has 156 valence electrons. The molecule has 0 aliphatic carbocycles. The van der Waals surface area contributed by atoms with Gasteiger partial charge >= 0.3 is 39.9 Å². The van der Waals surface area contributed by atoms with Gasteiger partial charge in [0, 0.05) is 5.38 Å². The van der Waals surface area contributed by atoms with Crippen LogP contribution in [-0.4, -0.2) is 99.8 Å². The van der Waals surface area contributed by atoms with Gasteiger partial charge in [-0.1, -0.05) is 5.16 Å². The number of hydrogen-bond donors (Lipinski definition) is 3. The molecule has 0 aromatic carbocycles. The van der Waals surface area contributed by atoms with Crippen LogP contribution in [0, 0.1) is 0 Å². The Morgan fingerprint density at radius 2 is 2.17 bits per heavy atom. The van der Waals surface area contributed by atoms with Gasteiger partial charge in [0.25, 0.3) is 11.8 Å². The number of rotatable bonds is 8. The van der Waals surface area contributed by atoms with Gasteiger partial charge in [-0.3, -0.25) is 18.9 Å². The average Bonchev–Trinajstić information content (AvgIpc) is 3.04. The zero-order valence-corrected chi connectivity index (χ0v) is 17.0. The second kappa shape index (κ2) is 10.7. The Labute approximate surface area is 197 Å². The molecule has 1 atom stereocenters. The first-order valence-corrected chi connectivity index (χ1v) is 10.5. The molecule has 1 fully saturated rings. The minimum atomic E-state index is -4.67. The van der Waals surface area contributed by atoms with E-state index in [0.29, 0.717) is 0 Å². The number of carbonyl (C=O) groups is 3. The summed E-state index contributed by atoms with van der Waals surface area (Å²) in [5, 5.41) is 10.0. The number of hydrogen-bond acceptors (Lipinski definition) is 9. The van der Waals surface area contributed by atoms with E-state index in [1.54, 1.807) is 13.8 Å². The first kappa shape index (κ1) is 25.7. The molecule has 12 nitrogen and oxygen atoms in total. The topological polar surface area (TPSA) is 167 Å². The van der Waals surface area contributed by atoms with Crippen LogP contribution in [0.4, 0.5) is 5.13 Å². The van der Waals surface area contributed by atoms with E-state index in [1.807, 2.05) is 0 Å². The molecule has 0 spiro atoms. The Bertz CT molecular complexity index is 920. The number of amides is 3. The van der Waals surface area contributed by atoms with Crippen LogP contribution in [0.15, 0.2) is 10.5 Å². The third-order valence-corrected chi connectivity index (χ3v) is 5.05. The van der Waals surface area contributed by atoms with E-state index in [1.165, 1.54) is 5.38 Å². The van der Waals surface area contributed by atoms with Crippen LogP contribution in [0.25, 0.3) is 0 Å². The molecule has 0 radical (unpaired) electrons. The summed E-state index contributed by atoms with van der Waals surface area (Å²) in [6.45, 7) is 2.92. The van der Waals surface area contributed by atoms with Crippen LogP contribution in [0.2, 0.25) is 0 Å². The number of thiazole rings is 1. The molecule has 1 aliphatic heterocycles. The Morgan fingerprint density at radius 1 is 1.52 bits per heavy atom. The number of carbonyl (C=O) groups excluding carboxylic acids is 3. The van der Waals surface area contributed by atoms with Crippen LogP contribution in [-0.2, 0) is 29.5 Å². The summed E-state index contributed by atoms with van der Waals surface area (Å²) in [7, 11) is -4.67. The molecule has 1 unspecified atom stereocenters. The summed E-state index contributed by atoms with van der Waals surface area (Å²) in [6, 6.07) is -1.16. The molecule has 1 saturated heterocycles. The van der Waals surface area contributed by atoms with Crippen molar-refractivity contribution in [2.75, 3.05) is 17.7 Å². The molecule has 1 aromatic heterocycles. The molecule has 0 bridgehead atoms. The number of β-lactam (4-membered cyclic amide) rings is 1. The molecule has 0 saturated carbocycles. The van der Waals surface area contributed by atoms with Crippen LogP contribution in [0.3, 0.4) is 0 Å². The standard InChI is InChI=1S/C13H16ClN5O7S2.Na.H/c1-6(2)26-18-10(8-5-27-13(16-8)17-9(20)3-14)11(21)15-7-4-19(12(7)22)28(23,24)25;;/h5-7H,3-4H2,1-2H3,(H,15,21)(H,16,17,20)(H,23,24,25);;. The van der Waals surface area contributed by atoms with Gasteiger partial charge in [-0.15, -0.1) is 22.9 Å². The van der Waals surface area contributed by atoms with Gasteiger partial charge in [0.15, 0.2) is 10.8 Å². The van der Waals surface area contributed by atoms with Crippen LogP contribution in [0.5, 0.6) is 0 Å². The average molecular weight is 478 g/mol. The number of alkyl halides is 1. The van der Waals surface area contributed by atoms with Crippen LogP contribution < -0.4 is 10.6 Å². The van der Waals surface area contributed by atoms with Crippen molar-refractivity contribution in [2.24, 2.45) is 5.16 Å². The quantitative estimate of drug-likeness (QED) is 0.106. The normalized spacial score (nSPS) is 16.7. The summed E-state index contributed by atoms with van der Waals surface area (Å²) in [5.41, 5.74) is -0.221. The summed E-state index contributed by atoms with van der Waals surface area (Å²) in [6.07, 6.45) is -0.364. The maximum atomic E-state index is 12.5. The van der Waals surface area contributed by atoms with Crippen molar-refractivity contribution in [3.8, 4) is 0 Å². The van der Waals surface area contributed by atoms with E-state index in [9.17, 15) is 22.8 Å². The summed E-state index contributed by atoms with van der Waals surface area (Å²) < 4.78 is 31.0. The summed E-state index contributed by atoms with van der Waals surface area (Å²) >= 11 is 6.41. The number of halogens is 1. The third kappa shape index (κ3) is 6.87. The SMILES string of the molecule is CC(C)ON=C(C(=O)NC1CN(S(=O)(=O)O)C1=O)c1csc(NC(=O)CCl)n1.[NaH]. The van der Waals surface area contributed by atoms with Crippen molar-refractivity contribution in [3.63, 3.8) is 0 Å². The molecule has 3 N–H and O–H groups in total. The van der Waals surface area contributed by atoms with Gasteiger partial charge in [0.1, 0.15) is 23.7 Å². The predicted octanol–water partition coefficient (Wildman–Crippen LogP) is -1.07. The van der Waals surface area contributed by atoms with Crippen LogP contribution in [0.1, 0.15) is 19.5 Å². The van der Waals surface area contributed by atoms with Crippen molar-refractivity contribution in [1.29, 1.82) is 0 Å². The zero-order valence-electron chi connectivity index (χ0n) is 14.6. The number of oxime groups is 1. The van der Waals surface area contributed by atoms with Crippen molar-refractivity contribution in [3.05, 3.63) is 11.1 Å². The fraction of sp³-hybridized carbons (Fsp3) is 0.462. The number of nitrogens with one attached hydrogen (secondary N) is 2. The molecule has 29 heavy (non-hydrogen) atoms. The Kier molecular flexibility index (Phi) is 9.46. The minimum absolute atomic E-state index is 0. The number of aromatic nitrogens is 1. The van der Waals surface area contributed by atoms with Gasteiger partial charge in [-0.25, -0.2) is 9.29 Å². The van der Waals surface area contributed by atoms with Crippen LogP contribution >= 0.6 is 22.9 Å². The molecular weight excluding hydrogens is 461 g/mol. The van der Waals surface area contributed by atoms with E-state index in [-0.39, 0.29) is 62.4 Å². The maximum absolute atomic E-state index is 12.5. The molecule has 3 amide bonds. The van der Waals surface area contributed by atoms with Crippen molar-refractivity contribution < 1.29 is 32.2 Å². The summed E-state index contributed by atoms with van der Waals surface area (Å²) in [4.78, 5) is 44.7. The molecule has 16 heteroatoms. The first-order chi connectivity index (χ1) is 13.0. The molecule has 1 aromatic rings.